The summed E-state index contributed by atoms with van der Waals surface area (Å²) in [6, 6.07) is 3.81. The molecule has 1 unspecified atom stereocenters. The maximum atomic E-state index is 12.3. The van der Waals surface area contributed by atoms with Crippen LogP contribution in [0.3, 0.4) is 0 Å². The maximum Gasteiger partial charge on any atom is 0.416 e. The molecule has 0 nitrogen and oxygen atoms in total. The van der Waals surface area contributed by atoms with Crippen LogP contribution in [0.15, 0.2) is 18.2 Å². The van der Waals surface area contributed by atoms with Gasteiger partial charge in [-0.1, -0.05) is 6.07 Å². The largest absolute Gasteiger partial charge is 0.416 e. The van der Waals surface area contributed by atoms with Crippen molar-refractivity contribution in [3.8, 4) is 0 Å². The number of benzene rings is 1. The summed E-state index contributed by atoms with van der Waals surface area (Å²) in [6.45, 7) is 0. The molecule has 76 valence electrons. The predicted octanol–water partition coefficient (Wildman–Crippen LogP) is 3.93. The minimum absolute atomic E-state index is 0.257. The third-order valence-corrected chi connectivity index (χ3v) is 2.93. The third-order valence-electron chi connectivity index (χ3n) is 2.48. The summed E-state index contributed by atoms with van der Waals surface area (Å²) >= 11 is 5.90. The highest BCUT2D eigenvalue weighted by Gasteiger charge is 2.32. The van der Waals surface area contributed by atoms with Crippen molar-refractivity contribution in [1.82, 2.24) is 0 Å². The van der Waals surface area contributed by atoms with Gasteiger partial charge in [0.05, 0.1) is 10.9 Å². The number of alkyl halides is 4. The van der Waals surface area contributed by atoms with Crippen molar-refractivity contribution in [2.45, 2.75) is 24.4 Å². The van der Waals surface area contributed by atoms with Gasteiger partial charge in [0.15, 0.2) is 0 Å². The first kappa shape index (κ1) is 9.84. The number of halogens is 4. The summed E-state index contributed by atoms with van der Waals surface area (Å²) in [5.41, 5.74) is 0.975. The lowest BCUT2D eigenvalue weighted by atomic mass is 10.1. The van der Waals surface area contributed by atoms with E-state index in [1.807, 2.05) is 0 Å². The van der Waals surface area contributed by atoms with Gasteiger partial charge < -0.3 is 0 Å². The second-order valence-electron chi connectivity index (χ2n) is 3.42. The summed E-state index contributed by atoms with van der Waals surface area (Å²) in [5, 5.41) is -0.257. The van der Waals surface area contributed by atoms with Crippen LogP contribution >= 0.6 is 11.6 Å². The Balaban J connectivity index is 2.45. The Morgan fingerprint density at radius 2 is 2.00 bits per heavy atom. The van der Waals surface area contributed by atoms with Crippen LogP contribution in [0.5, 0.6) is 0 Å². The van der Waals surface area contributed by atoms with Crippen LogP contribution < -0.4 is 0 Å². The van der Waals surface area contributed by atoms with E-state index < -0.39 is 11.7 Å². The zero-order valence-electron chi connectivity index (χ0n) is 7.24. The van der Waals surface area contributed by atoms with Crippen LogP contribution in [-0.4, -0.2) is 0 Å². The first-order valence-corrected chi connectivity index (χ1v) is 4.76. The van der Waals surface area contributed by atoms with E-state index in [1.54, 1.807) is 0 Å². The van der Waals surface area contributed by atoms with E-state index in [4.69, 9.17) is 11.6 Å². The molecule has 0 aromatic heterocycles. The fourth-order valence-electron chi connectivity index (χ4n) is 1.73. The minimum atomic E-state index is -4.27. The third kappa shape index (κ3) is 1.61. The van der Waals surface area contributed by atoms with Gasteiger partial charge in [0.2, 0.25) is 0 Å². The van der Waals surface area contributed by atoms with E-state index in [9.17, 15) is 13.2 Å². The highest BCUT2D eigenvalue weighted by molar-refractivity contribution is 6.21. The zero-order valence-corrected chi connectivity index (χ0v) is 7.99. The fourth-order valence-corrected chi connectivity index (χ4v) is 2.04. The van der Waals surface area contributed by atoms with Crippen molar-refractivity contribution < 1.29 is 13.2 Å². The van der Waals surface area contributed by atoms with E-state index in [1.165, 1.54) is 12.1 Å². The molecule has 1 atom stereocenters. The van der Waals surface area contributed by atoms with Crippen molar-refractivity contribution in [2.75, 3.05) is 0 Å². The monoisotopic (exact) mass is 220 g/mol. The maximum absolute atomic E-state index is 12.3. The average Bonchev–Trinajstić information content (AvgIpc) is 2.46. The second-order valence-corrected chi connectivity index (χ2v) is 3.94. The molecule has 14 heavy (non-hydrogen) atoms. The molecule has 1 aromatic rings. The second kappa shape index (κ2) is 3.16. The van der Waals surface area contributed by atoms with Gasteiger partial charge in [0.25, 0.3) is 0 Å². The van der Waals surface area contributed by atoms with E-state index in [2.05, 4.69) is 0 Å². The van der Waals surface area contributed by atoms with Crippen LogP contribution in [0.4, 0.5) is 13.2 Å². The molecule has 0 N–H and O–H groups in total. The van der Waals surface area contributed by atoms with E-state index in [-0.39, 0.29) is 5.38 Å². The fraction of sp³-hybridized carbons (Fsp3) is 0.400. The smallest absolute Gasteiger partial charge is 0.166 e. The Bertz CT molecular complexity index is 357. The lowest BCUT2D eigenvalue weighted by Gasteiger charge is -2.09. The average molecular weight is 221 g/mol. The summed E-state index contributed by atoms with van der Waals surface area (Å²) in [6.07, 6.45) is -2.76. The number of aryl methyl sites for hydroxylation is 1. The Hall–Kier alpha value is -0.700. The van der Waals surface area contributed by atoms with Crippen molar-refractivity contribution in [3.63, 3.8) is 0 Å². The standard InChI is InChI=1S/C10H8ClF3/c11-9-4-2-6-1-3-7(5-8(6)9)10(12,13)14/h1,3,5,9H,2,4H2. The van der Waals surface area contributed by atoms with Gasteiger partial charge in [0.1, 0.15) is 0 Å². The van der Waals surface area contributed by atoms with Crippen molar-refractivity contribution in [3.05, 3.63) is 34.9 Å². The number of fused-ring (bicyclic) bond motifs is 1. The molecule has 0 spiro atoms. The molecular weight excluding hydrogens is 213 g/mol. The van der Waals surface area contributed by atoms with Gasteiger partial charge in [-0.15, -0.1) is 11.6 Å². The molecule has 0 amide bonds. The lowest BCUT2D eigenvalue weighted by Crippen LogP contribution is -2.05. The Kier molecular flexibility index (Phi) is 2.22. The van der Waals surface area contributed by atoms with Crippen molar-refractivity contribution >= 4 is 11.6 Å². The topological polar surface area (TPSA) is 0 Å². The van der Waals surface area contributed by atoms with Gasteiger partial charge in [-0.2, -0.15) is 13.2 Å². The summed E-state index contributed by atoms with van der Waals surface area (Å²) in [5.74, 6) is 0. The molecule has 0 heterocycles. The van der Waals surface area contributed by atoms with E-state index >= 15 is 0 Å². The number of rotatable bonds is 0. The SMILES string of the molecule is FC(F)(F)c1ccc2c(c1)C(Cl)CC2. The molecule has 0 saturated carbocycles. The van der Waals surface area contributed by atoms with Crippen molar-refractivity contribution in [2.24, 2.45) is 0 Å². The lowest BCUT2D eigenvalue weighted by molar-refractivity contribution is -0.137. The Labute approximate surface area is 84.7 Å². The molecule has 0 aliphatic heterocycles. The molecule has 0 fully saturated rings. The van der Waals surface area contributed by atoms with Gasteiger partial charge in [-0.3, -0.25) is 0 Å². The minimum Gasteiger partial charge on any atom is -0.166 e. The summed E-state index contributed by atoms with van der Waals surface area (Å²) in [4.78, 5) is 0. The molecule has 1 aromatic carbocycles. The molecule has 0 radical (unpaired) electrons. The highest BCUT2D eigenvalue weighted by Crippen LogP contribution is 2.39. The molecule has 4 heteroatoms. The first-order valence-electron chi connectivity index (χ1n) is 4.32. The molecule has 0 saturated heterocycles. The van der Waals surface area contributed by atoms with Gasteiger partial charge in [-0.05, 0) is 36.1 Å². The van der Waals surface area contributed by atoms with Crippen molar-refractivity contribution in [1.29, 1.82) is 0 Å². The van der Waals surface area contributed by atoms with Crippen LogP contribution in [0.2, 0.25) is 0 Å². The van der Waals surface area contributed by atoms with Crippen LogP contribution in [0, 0.1) is 0 Å². The molecule has 0 bridgehead atoms. The van der Waals surface area contributed by atoms with Crippen LogP contribution in [0.1, 0.15) is 28.5 Å². The summed E-state index contributed by atoms with van der Waals surface area (Å²) in [7, 11) is 0. The number of hydrogen-bond acceptors (Lipinski definition) is 0. The molecule has 1 aliphatic rings. The van der Waals surface area contributed by atoms with Gasteiger partial charge in [-0.25, -0.2) is 0 Å². The highest BCUT2D eigenvalue weighted by atomic mass is 35.5. The first-order chi connectivity index (χ1) is 6.48. The molecule has 2 rings (SSSR count). The van der Waals surface area contributed by atoms with Gasteiger partial charge >= 0.3 is 6.18 Å². The molecular formula is C10H8ClF3. The molecule has 1 aliphatic carbocycles. The van der Waals surface area contributed by atoms with E-state index in [0.29, 0.717) is 5.56 Å². The van der Waals surface area contributed by atoms with Crippen LogP contribution in [-0.2, 0) is 12.6 Å². The quantitative estimate of drug-likeness (QED) is 0.581. The van der Waals surface area contributed by atoms with Crippen LogP contribution in [0.25, 0.3) is 0 Å². The normalized spacial score (nSPS) is 21.0. The van der Waals surface area contributed by atoms with E-state index in [0.717, 1.165) is 24.5 Å². The predicted molar refractivity (Wildman–Crippen MR) is 48.4 cm³/mol. The Morgan fingerprint density at radius 3 is 2.64 bits per heavy atom. The van der Waals surface area contributed by atoms with Gasteiger partial charge in [0, 0.05) is 0 Å². The Morgan fingerprint density at radius 1 is 1.29 bits per heavy atom. The summed E-state index contributed by atoms with van der Waals surface area (Å²) < 4.78 is 37.0. The number of hydrogen-bond donors (Lipinski definition) is 0. The zero-order chi connectivity index (χ0) is 10.3.